The van der Waals surface area contributed by atoms with Crippen molar-refractivity contribution < 1.29 is 4.58 Å². The predicted molar refractivity (Wildman–Crippen MR) is 79.4 cm³/mol. The Morgan fingerprint density at radius 1 is 1.17 bits per heavy atom. The van der Waals surface area contributed by atoms with Gasteiger partial charge in [-0.2, -0.15) is 0 Å². The van der Waals surface area contributed by atoms with Gasteiger partial charge < -0.3 is 15.1 Å². The van der Waals surface area contributed by atoms with Crippen LogP contribution >= 0.6 is 0 Å². The van der Waals surface area contributed by atoms with Crippen LogP contribution in [0.2, 0.25) is 0 Å². The second-order valence-corrected chi connectivity index (χ2v) is 4.40. The van der Waals surface area contributed by atoms with Gasteiger partial charge in [-0.3, -0.25) is 0 Å². The zero-order chi connectivity index (χ0) is 13.8. The molecule has 0 fully saturated rings. The summed E-state index contributed by atoms with van der Waals surface area (Å²) in [5, 5.41) is 3.24. The second kappa shape index (κ2) is 10.4. The number of rotatable bonds is 10. The molecule has 102 valence electrons. The van der Waals surface area contributed by atoms with Crippen LogP contribution in [0.5, 0.6) is 0 Å². The van der Waals surface area contributed by atoms with Crippen molar-refractivity contribution in [2.45, 2.75) is 12.8 Å². The van der Waals surface area contributed by atoms with E-state index in [4.69, 9.17) is 0 Å². The topological polar surface area (TPSA) is 21.5 Å². The van der Waals surface area contributed by atoms with Crippen LogP contribution in [0.3, 0.4) is 0 Å². The van der Waals surface area contributed by atoms with Gasteiger partial charge in [0, 0.05) is 46.5 Å². The van der Waals surface area contributed by atoms with Crippen LogP contribution in [0.25, 0.3) is 0 Å². The largest absolute Gasteiger partial charge is 0.390 e. The third-order valence-electron chi connectivity index (χ3n) is 2.31. The Bertz CT molecular complexity index is 292. The quantitative estimate of drug-likeness (QED) is 0.362. The molecule has 0 bridgehead atoms. The maximum absolute atomic E-state index is 3.95. The van der Waals surface area contributed by atoms with Gasteiger partial charge >= 0.3 is 0 Å². The summed E-state index contributed by atoms with van der Waals surface area (Å²) in [4.78, 5) is 3.90. The van der Waals surface area contributed by atoms with Gasteiger partial charge in [0.1, 0.15) is 13.3 Å². The van der Waals surface area contributed by atoms with E-state index in [1.54, 1.807) is 6.20 Å². The van der Waals surface area contributed by atoms with Gasteiger partial charge in [0.15, 0.2) is 6.20 Å². The van der Waals surface area contributed by atoms with Crippen LogP contribution < -0.4 is 5.32 Å². The number of hydrogen-bond donors (Lipinski definition) is 1. The van der Waals surface area contributed by atoms with Crippen molar-refractivity contribution in [3.05, 3.63) is 37.6 Å². The highest BCUT2D eigenvalue weighted by molar-refractivity contribution is 5.15. The fourth-order valence-electron chi connectivity index (χ4n) is 1.16. The average molecular weight is 251 g/mol. The molecule has 0 atom stereocenters. The molecule has 0 aromatic heterocycles. The van der Waals surface area contributed by atoms with E-state index in [0.717, 1.165) is 25.9 Å². The normalized spacial score (nSPS) is 10.8. The lowest BCUT2D eigenvalue weighted by Gasteiger charge is -2.05. The van der Waals surface area contributed by atoms with Gasteiger partial charge in [0.25, 0.3) is 0 Å². The summed E-state index contributed by atoms with van der Waals surface area (Å²) in [7, 11) is 5.95. The maximum Gasteiger partial charge on any atom is 0.184 e. The standard InChI is InChI=1S/C14H27N4/c1-6-17(4)12-10-15-9-7-8-11-18(5)14-13-16(2)3/h6,10,12-15H,1,5,7-9,11H2,2-4H3/q+1. The van der Waals surface area contributed by atoms with Crippen molar-refractivity contribution in [2.75, 3.05) is 34.2 Å². The fourth-order valence-corrected chi connectivity index (χ4v) is 1.16. The molecule has 0 aromatic rings. The molecule has 0 aliphatic heterocycles. The van der Waals surface area contributed by atoms with E-state index in [2.05, 4.69) is 18.6 Å². The van der Waals surface area contributed by atoms with Gasteiger partial charge in [-0.05, 0) is 12.6 Å². The molecule has 1 N–H and O–H groups in total. The monoisotopic (exact) mass is 251 g/mol. The molecule has 0 amide bonds. The number of nitrogens with one attached hydrogen (secondary N) is 1. The molecule has 0 unspecified atom stereocenters. The Hall–Kier alpha value is -1.71. The first-order chi connectivity index (χ1) is 8.56. The summed E-state index contributed by atoms with van der Waals surface area (Å²) in [5.74, 6) is 0. The lowest BCUT2D eigenvalue weighted by Crippen LogP contribution is -2.12. The summed E-state index contributed by atoms with van der Waals surface area (Å²) < 4.78 is 1.96. The summed E-state index contributed by atoms with van der Waals surface area (Å²) >= 11 is 0. The molecule has 0 aliphatic rings. The lowest BCUT2D eigenvalue weighted by atomic mass is 10.3. The smallest absolute Gasteiger partial charge is 0.184 e. The van der Waals surface area contributed by atoms with Crippen molar-refractivity contribution in [1.82, 2.24) is 15.1 Å². The van der Waals surface area contributed by atoms with Gasteiger partial charge in [-0.15, -0.1) is 0 Å². The molecule has 18 heavy (non-hydrogen) atoms. The lowest BCUT2D eigenvalue weighted by molar-refractivity contribution is -0.449. The SMILES string of the molecule is C=CN(C)C=CNCCCC[N+](=C)C=CN(C)C. The summed E-state index contributed by atoms with van der Waals surface area (Å²) in [6, 6.07) is 0. The number of nitrogens with zero attached hydrogens (tertiary/aromatic N) is 3. The molecular formula is C14H27N4+. The zero-order valence-electron chi connectivity index (χ0n) is 12.0. The van der Waals surface area contributed by atoms with Crippen molar-refractivity contribution in [3.8, 4) is 0 Å². The molecule has 4 heteroatoms. The Morgan fingerprint density at radius 2 is 1.89 bits per heavy atom. The highest BCUT2D eigenvalue weighted by Crippen LogP contribution is 1.90. The molecule has 0 spiro atoms. The summed E-state index contributed by atoms with van der Waals surface area (Å²) in [5.41, 5.74) is 0. The van der Waals surface area contributed by atoms with Crippen molar-refractivity contribution in [2.24, 2.45) is 0 Å². The molecule has 0 rings (SSSR count). The van der Waals surface area contributed by atoms with Crippen molar-refractivity contribution in [1.29, 1.82) is 0 Å². The van der Waals surface area contributed by atoms with Gasteiger partial charge in [0.05, 0.1) is 6.20 Å². The van der Waals surface area contributed by atoms with Gasteiger partial charge in [-0.1, -0.05) is 6.58 Å². The number of hydrogen-bond acceptors (Lipinski definition) is 3. The molecule has 0 saturated heterocycles. The first kappa shape index (κ1) is 16.3. The molecule has 0 heterocycles. The minimum absolute atomic E-state index is 0.974. The van der Waals surface area contributed by atoms with Crippen LogP contribution in [0.4, 0.5) is 0 Å². The van der Waals surface area contributed by atoms with E-state index < -0.39 is 0 Å². The first-order valence-corrected chi connectivity index (χ1v) is 6.22. The Kier molecular flexibility index (Phi) is 9.45. The van der Waals surface area contributed by atoms with Crippen LogP contribution in [0.1, 0.15) is 12.8 Å². The van der Waals surface area contributed by atoms with Crippen molar-refractivity contribution >= 4 is 6.72 Å². The summed E-state index contributed by atoms with van der Waals surface area (Å²) in [6.45, 7) is 9.56. The second-order valence-electron chi connectivity index (χ2n) is 4.40. The average Bonchev–Trinajstić information content (AvgIpc) is 2.34. The van der Waals surface area contributed by atoms with E-state index in [-0.39, 0.29) is 0 Å². The predicted octanol–water partition coefficient (Wildman–Crippen LogP) is 1.65. The molecular weight excluding hydrogens is 224 g/mol. The Balaban J connectivity index is 3.48. The third-order valence-corrected chi connectivity index (χ3v) is 2.31. The van der Waals surface area contributed by atoms with E-state index in [1.807, 2.05) is 60.3 Å². The van der Waals surface area contributed by atoms with Crippen LogP contribution in [0, 0.1) is 0 Å². The zero-order valence-corrected chi connectivity index (χ0v) is 12.0. The molecule has 0 radical (unpaired) electrons. The van der Waals surface area contributed by atoms with E-state index in [0.29, 0.717) is 0 Å². The molecule has 0 aromatic carbocycles. The fraction of sp³-hybridized carbons (Fsp3) is 0.500. The molecule has 4 nitrogen and oxygen atoms in total. The van der Waals surface area contributed by atoms with E-state index >= 15 is 0 Å². The van der Waals surface area contributed by atoms with E-state index in [1.165, 1.54) is 0 Å². The summed E-state index contributed by atoms with van der Waals surface area (Å²) in [6.07, 6.45) is 11.9. The van der Waals surface area contributed by atoms with Gasteiger partial charge in [-0.25, -0.2) is 4.58 Å². The minimum atomic E-state index is 0.974. The number of unbranched alkanes of at least 4 members (excludes halogenated alkanes) is 1. The third kappa shape index (κ3) is 10.8. The van der Waals surface area contributed by atoms with Crippen LogP contribution in [-0.2, 0) is 0 Å². The van der Waals surface area contributed by atoms with Gasteiger partial charge in [0.2, 0.25) is 0 Å². The molecule has 0 saturated carbocycles. The van der Waals surface area contributed by atoms with E-state index in [9.17, 15) is 0 Å². The highest BCUT2D eigenvalue weighted by atomic mass is 15.1. The Labute approximate surface area is 112 Å². The highest BCUT2D eigenvalue weighted by Gasteiger charge is 1.95. The first-order valence-electron chi connectivity index (χ1n) is 6.22. The maximum atomic E-state index is 3.95. The van der Waals surface area contributed by atoms with Crippen LogP contribution in [-0.4, -0.2) is 55.3 Å². The van der Waals surface area contributed by atoms with Crippen molar-refractivity contribution in [3.63, 3.8) is 0 Å². The van der Waals surface area contributed by atoms with Crippen LogP contribution in [0.15, 0.2) is 37.6 Å². The molecule has 0 aliphatic carbocycles. The Morgan fingerprint density at radius 3 is 2.50 bits per heavy atom. The minimum Gasteiger partial charge on any atom is -0.390 e.